The summed E-state index contributed by atoms with van der Waals surface area (Å²) in [6, 6.07) is 17.7. The van der Waals surface area contributed by atoms with Crippen LogP contribution in [0.1, 0.15) is 28.7 Å². The Bertz CT molecular complexity index is 683. The molecule has 0 aliphatic heterocycles. The van der Waals surface area contributed by atoms with Crippen LogP contribution in [-0.4, -0.2) is 17.9 Å². The van der Waals surface area contributed by atoms with Gasteiger partial charge in [-0.3, -0.25) is 4.79 Å². The molecule has 0 heterocycles. The van der Waals surface area contributed by atoms with E-state index in [-0.39, 0.29) is 5.91 Å². The Morgan fingerprint density at radius 1 is 1.14 bits per heavy atom. The molecule has 0 saturated carbocycles. The highest BCUT2D eigenvalue weighted by Gasteiger charge is 2.09. The van der Waals surface area contributed by atoms with Gasteiger partial charge in [0.2, 0.25) is 5.91 Å². The summed E-state index contributed by atoms with van der Waals surface area (Å²) in [4.78, 5) is 13.9. The number of carbonyl (C=O) groups is 1. The van der Waals surface area contributed by atoms with Crippen LogP contribution >= 0.6 is 0 Å². The summed E-state index contributed by atoms with van der Waals surface area (Å²) in [6.07, 6.45) is 1.27. The minimum absolute atomic E-state index is 0.130. The van der Waals surface area contributed by atoms with E-state index in [2.05, 4.69) is 31.2 Å². The van der Waals surface area contributed by atoms with Gasteiger partial charge in [0.25, 0.3) is 0 Å². The lowest BCUT2D eigenvalue weighted by molar-refractivity contribution is -0.130. The van der Waals surface area contributed by atoms with E-state index in [0.29, 0.717) is 18.5 Å². The normalized spacial score (nSPS) is 10.0. The van der Waals surface area contributed by atoms with Gasteiger partial charge in [0.05, 0.1) is 11.6 Å². The number of hydrogen-bond donors (Lipinski definition) is 0. The van der Waals surface area contributed by atoms with Crippen LogP contribution in [0.15, 0.2) is 48.5 Å². The topological polar surface area (TPSA) is 44.1 Å². The molecule has 0 N–H and O–H groups in total. The first-order valence-electron chi connectivity index (χ1n) is 7.37. The SMILES string of the molecule is Cc1cccc(CCC(=O)N(C)Cc2ccc(C#N)cc2)c1. The summed E-state index contributed by atoms with van der Waals surface area (Å²) in [5.41, 5.74) is 4.08. The summed E-state index contributed by atoms with van der Waals surface area (Å²) in [5, 5.41) is 8.78. The number of hydrogen-bond acceptors (Lipinski definition) is 2. The first kappa shape index (κ1) is 15.8. The zero-order chi connectivity index (χ0) is 15.9. The Kier molecular flexibility index (Phi) is 5.32. The third-order valence-corrected chi connectivity index (χ3v) is 3.64. The number of benzene rings is 2. The molecule has 3 heteroatoms. The molecular formula is C19H20N2O. The minimum Gasteiger partial charge on any atom is -0.341 e. The maximum Gasteiger partial charge on any atom is 0.222 e. The second-order valence-electron chi connectivity index (χ2n) is 5.55. The van der Waals surface area contributed by atoms with Crippen molar-refractivity contribution in [1.82, 2.24) is 4.90 Å². The highest BCUT2D eigenvalue weighted by Crippen LogP contribution is 2.10. The molecular weight excluding hydrogens is 272 g/mol. The van der Waals surface area contributed by atoms with Gasteiger partial charge < -0.3 is 4.90 Å². The van der Waals surface area contributed by atoms with Crippen molar-refractivity contribution in [1.29, 1.82) is 5.26 Å². The van der Waals surface area contributed by atoms with Crippen LogP contribution in [0.4, 0.5) is 0 Å². The smallest absolute Gasteiger partial charge is 0.222 e. The van der Waals surface area contributed by atoms with Crippen molar-refractivity contribution in [2.24, 2.45) is 0 Å². The van der Waals surface area contributed by atoms with E-state index < -0.39 is 0 Å². The highest BCUT2D eigenvalue weighted by atomic mass is 16.2. The van der Waals surface area contributed by atoms with E-state index in [4.69, 9.17) is 5.26 Å². The van der Waals surface area contributed by atoms with Crippen LogP contribution in [0.2, 0.25) is 0 Å². The fraction of sp³-hybridized carbons (Fsp3) is 0.263. The van der Waals surface area contributed by atoms with Gasteiger partial charge in [0, 0.05) is 20.0 Å². The number of aryl methyl sites for hydroxylation is 2. The first-order valence-corrected chi connectivity index (χ1v) is 7.37. The fourth-order valence-corrected chi connectivity index (χ4v) is 2.36. The number of nitrogens with zero attached hydrogens (tertiary/aromatic N) is 2. The molecule has 1 amide bonds. The van der Waals surface area contributed by atoms with Crippen molar-refractivity contribution in [2.75, 3.05) is 7.05 Å². The van der Waals surface area contributed by atoms with E-state index >= 15 is 0 Å². The van der Waals surface area contributed by atoms with E-state index in [1.165, 1.54) is 11.1 Å². The lowest BCUT2D eigenvalue weighted by Gasteiger charge is -2.17. The van der Waals surface area contributed by atoms with E-state index in [1.807, 2.05) is 25.2 Å². The average molecular weight is 292 g/mol. The average Bonchev–Trinajstić information content (AvgIpc) is 2.53. The van der Waals surface area contributed by atoms with Crippen LogP contribution in [0.3, 0.4) is 0 Å². The molecule has 0 aromatic heterocycles. The molecule has 0 aliphatic carbocycles. The van der Waals surface area contributed by atoms with Crippen LogP contribution in [0, 0.1) is 18.3 Å². The van der Waals surface area contributed by atoms with Crippen LogP contribution in [0.5, 0.6) is 0 Å². The maximum absolute atomic E-state index is 12.2. The molecule has 2 aromatic carbocycles. The lowest BCUT2D eigenvalue weighted by Crippen LogP contribution is -2.26. The molecule has 0 radical (unpaired) electrons. The third kappa shape index (κ3) is 4.46. The van der Waals surface area contributed by atoms with E-state index in [9.17, 15) is 4.79 Å². The summed E-state index contributed by atoms with van der Waals surface area (Å²) in [6.45, 7) is 2.63. The van der Waals surface area contributed by atoms with Gasteiger partial charge >= 0.3 is 0 Å². The molecule has 0 atom stereocenters. The molecule has 22 heavy (non-hydrogen) atoms. The number of carbonyl (C=O) groups excluding carboxylic acids is 1. The van der Waals surface area contributed by atoms with Crippen LogP contribution in [-0.2, 0) is 17.8 Å². The number of rotatable bonds is 5. The van der Waals surface area contributed by atoms with Gasteiger partial charge in [-0.2, -0.15) is 5.26 Å². The lowest BCUT2D eigenvalue weighted by atomic mass is 10.1. The molecule has 0 fully saturated rings. The molecule has 0 saturated heterocycles. The van der Waals surface area contributed by atoms with Gasteiger partial charge in [-0.15, -0.1) is 0 Å². The van der Waals surface area contributed by atoms with Gasteiger partial charge in [0.15, 0.2) is 0 Å². The highest BCUT2D eigenvalue weighted by molar-refractivity contribution is 5.76. The summed E-state index contributed by atoms with van der Waals surface area (Å²) >= 11 is 0. The number of nitriles is 1. The van der Waals surface area contributed by atoms with Gasteiger partial charge in [-0.25, -0.2) is 0 Å². The zero-order valence-electron chi connectivity index (χ0n) is 13.0. The molecule has 112 valence electrons. The maximum atomic E-state index is 12.2. The Labute approximate surface area is 131 Å². The summed E-state index contributed by atoms with van der Waals surface area (Å²) in [5.74, 6) is 0.130. The monoisotopic (exact) mass is 292 g/mol. The van der Waals surface area contributed by atoms with Gasteiger partial charge in [-0.1, -0.05) is 42.0 Å². The van der Waals surface area contributed by atoms with Crippen molar-refractivity contribution in [3.05, 3.63) is 70.8 Å². The van der Waals surface area contributed by atoms with Crippen LogP contribution in [0.25, 0.3) is 0 Å². The van der Waals surface area contributed by atoms with Crippen molar-refractivity contribution in [3.8, 4) is 6.07 Å². The van der Waals surface area contributed by atoms with E-state index in [0.717, 1.165) is 12.0 Å². The molecule has 0 bridgehead atoms. The van der Waals surface area contributed by atoms with Crippen LogP contribution < -0.4 is 0 Å². The van der Waals surface area contributed by atoms with Crippen molar-refractivity contribution >= 4 is 5.91 Å². The van der Waals surface area contributed by atoms with Gasteiger partial charge in [0.1, 0.15) is 0 Å². The molecule has 2 rings (SSSR count). The summed E-state index contributed by atoms with van der Waals surface area (Å²) in [7, 11) is 1.82. The molecule has 2 aromatic rings. The predicted molar refractivity (Wildman–Crippen MR) is 87.1 cm³/mol. The molecule has 0 spiro atoms. The fourth-order valence-electron chi connectivity index (χ4n) is 2.36. The van der Waals surface area contributed by atoms with Crippen molar-refractivity contribution in [2.45, 2.75) is 26.3 Å². The van der Waals surface area contributed by atoms with Gasteiger partial charge in [-0.05, 0) is 36.6 Å². The minimum atomic E-state index is 0.130. The Hall–Kier alpha value is -2.60. The second-order valence-corrected chi connectivity index (χ2v) is 5.55. The van der Waals surface area contributed by atoms with Crippen molar-refractivity contribution in [3.63, 3.8) is 0 Å². The van der Waals surface area contributed by atoms with E-state index in [1.54, 1.807) is 17.0 Å². The molecule has 3 nitrogen and oxygen atoms in total. The largest absolute Gasteiger partial charge is 0.341 e. The molecule has 0 aliphatic rings. The quantitative estimate of drug-likeness (QED) is 0.847. The molecule has 0 unspecified atom stereocenters. The Morgan fingerprint density at radius 2 is 1.86 bits per heavy atom. The third-order valence-electron chi connectivity index (χ3n) is 3.64. The Morgan fingerprint density at radius 3 is 2.50 bits per heavy atom. The Balaban J connectivity index is 1.87. The summed E-state index contributed by atoms with van der Waals surface area (Å²) < 4.78 is 0. The predicted octanol–water partition coefficient (Wildman–Crippen LogP) is 3.46. The second kappa shape index (κ2) is 7.42. The zero-order valence-corrected chi connectivity index (χ0v) is 13.0. The standard InChI is InChI=1S/C19H20N2O/c1-15-4-3-5-16(12-15)10-11-19(22)21(2)14-18-8-6-17(13-20)7-9-18/h3-9,12H,10-11,14H2,1-2H3. The first-order chi connectivity index (χ1) is 10.6. The van der Waals surface area contributed by atoms with Crippen molar-refractivity contribution < 1.29 is 4.79 Å². The number of amides is 1.